The molecule has 0 atom stereocenters. The second kappa shape index (κ2) is 5.99. The highest BCUT2D eigenvalue weighted by Gasteiger charge is 2.51. The summed E-state index contributed by atoms with van der Waals surface area (Å²) in [5, 5.41) is 3.30. The van der Waals surface area contributed by atoms with Crippen molar-refractivity contribution in [3.05, 3.63) is 30.5 Å². The highest BCUT2D eigenvalue weighted by Crippen LogP contribution is 2.36. The minimum absolute atomic E-state index is 0.119. The van der Waals surface area contributed by atoms with Crippen LogP contribution in [-0.4, -0.2) is 29.2 Å². The lowest BCUT2D eigenvalue weighted by Gasteiger charge is -2.32. The normalized spacial score (nSPS) is 18.6. The molecule has 7 heteroatoms. The molecule has 0 spiro atoms. The molecular formula is C17H21BN2O3S. The summed E-state index contributed by atoms with van der Waals surface area (Å²) >= 11 is 1.45. The number of hydrogen-bond acceptors (Lipinski definition) is 5. The van der Waals surface area contributed by atoms with Gasteiger partial charge in [-0.15, -0.1) is 0 Å². The van der Waals surface area contributed by atoms with Crippen LogP contribution in [0.4, 0.5) is 5.13 Å². The molecule has 1 amide bonds. The molecule has 1 aromatic carbocycles. The molecular weight excluding hydrogens is 323 g/mol. The Labute approximate surface area is 146 Å². The van der Waals surface area contributed by atoms with Crippen LogP contribution in [0.3, 0.4) is 0 Å². The second-order valence-electron chi connectivity index (χ2n) is 6.92. The largest absolute Gasteiger partial charge is 0.494 e. The molecule has 0 unspecified atom stereocenters. The zero-order valence-corrected chi connectivity index (χ0v) is 15.4. The molecule has 3 rings (SSSR count). The molecule has 1 N–H and O–H groups in total. The van der Waals surface area contributed by atoms with Gasteiger partial charge in [0.15, 0.2) is 5.13 Å². The van der Waals surface area contributed by atoms with Crippen molar-refractivity contribution in [2.75, 3.05) is 5.32 Å². The average Bonchev–Trinajstić information content (AvgIpc) is 3.01. The SMILES string of the molecule is CC(=O)Nc1ncc(-c2ccc(B3OC(C)(C)C(C)(C)O3)cc2)s1. The highest BCUT2D eigenvalue weighted by atomic mass is 32.1. The first kappa shape index (κ1) is 17.1. The van der Waals surface area contributed by atoms with E-state index in [1.807, 2.05) is 52.0 Å². The van der Waals surface area contributed by atoms with Gasteiger partial charge < -0.3 is 14.6 Å². The number of benzene rings is 1. The summed E-state index contributed by atoms with van der Waals surface area (Å²) in [6, 6.07) is 8.06. The van der Waals surface area contributed by atoms with Crippen molar-refractivity contribution < 1.29 is 14.1 Å². The zero-order valence-electron chi connectivity index (χ0n) is 14.5. The van der Waals surface area contributed by atoms with E-state index < -0.39 is 0 Å². The third-order valence-electron chi connectivity index (χ3n) is 4.51. The van der Waals surface area contributed by atoms with E-state index >= 15 is 0 Å². The van der Waals surface area contributed by atoms with E-state index in [2.05, 4.69) is 10.3 Å². The smallest absolute Gasteiger partial charge is 0.399 e. The number of anilines is 1. The summed E-state index contributed by atoms with van der Waals surface area (Å²) in [6.07, 6.45) is 1.76. The van der Waals surface area contributed by atoms with E-state index in [0.29, 0.717) is 5.13 Å². The molecule has 126 valence electrons. The minimum atomic E-state index is -0.361. The summed E-state index contributed by atoms with van der Waals surface area (Å²) in [5.41, 5.74) is 1.34. The molecule has 1 saturated heterocycles. The predicted octanol–water partition coefficient (Wildman–Crippen LogP) is 3.07. The van der Waals surface area contributed by atoms with Crippen LogP contribution in [0.1, 0.15) is 34.6 Å². The van der Waals surface area contributed by atoms with Crippen LogP contribution in [0.2, 0.25) is 0 Å². The number of carbonyl (C=O) groups excluding carboxylic acids is 1. The van der Waals surface area contributed by atoms with E-state index in [-0.39, 0.29) is 24.2 Å². The van der Waals surface area contributed by atoms with Gasteiger partial charge in [-0.3, -0.25) is 4.79 Å². The molecule has 1 aromatic heterocycles. The molecule has 0 bridgehead atoms. The van der Waals surface area contributed by atoms with E-state index in [1.54, 1.807) is 6.20 Å². The fourth-order valence-corrected chi connectivity index (χ4v) is 3.27. The Morgan fingerprint density at radius 1 is 1.12 bits per heavy atom. The summed E-state index contributed by atoms with van der Waals surface area (Å²) in [6.45, 7) is 9.65. The first-order chi connectivity index (χ1) is 11.2. The van der Waals surface area contributed by atoms with E-state index in [1.165, 1.54) is 18.3 Å². The third kappa shape index (κ3) is 3.24. The Kier molecular flexibility index (Phi) is 4.27. The lowest BCUT2D eigenvalue weighted by molar-refractivity contribution is -0.114. The number of nitrogens with zero attached hydrogens (tertiary/aromatic N) is 1. The van der Waals surface area contributed by atoms with Crippen LogP contribution in [0, 0.1) is 0 Å². The maximum Gasteiger partial charge on any atom is 0.494 e. The van der Waals surface area contributed by atoms with Gasteiger partial charge in [-0.05, 0) is 38.7 Å². The van der Waals surface area contributed by atoms with Crippen molar-refractivity contribution >= 4 is 35.0 Å². The predicted molar refractivity (Wildman–Crippen MR) is 97.6 cm³/mol. The summed E-state index contributed by atoms with van der Waals surface area (Å²) in [5.74, 6) is -0.119. The van der Waals surface area contributed by atoms with E-state index in [0.717, 1.165) is 15.9 Å². The number of carbonyl (C=O) groups is 1. The van der Waals surface area contributed by atoms with Crippen LogP contribution >= 0.6 is 11.3 Å². The Morgan fingerprint density at radius 2 is 1.71 bits per heavy atom. The lowest BCUT2D eigenvalue weighted by Crippen LogP contribution is -2.41. The van der Waals surface area contributed by atoms with Crippen molar-refractivity contribution in [3.63, 3.8) is 0 Å². The first-order valence-electron chi connectivity index (χ1n) is 7.87. The minimum Gasteiger partial charge on any atom is -0.399 e. The van der Waals surface area contributed by atoms with Crippen molar-refractivity contribution in [2.45, 2.75) is 45.8 Å². The quantitative estimate of drug-likeness (QED) is 0.870. The van der Waals surface area contributed by atoms with Gasteiger partial charge >= 0.3 is 7.12 Å². The van der Waals surface area contributed by atoms with Gasteiger partial charge in [0.2, 0.25) is 5.91 Å². The number of aromatic nitrogens is 1. The Bertz CT molecular complexity index is 739. The van der Waals surface area contributed by atoms with Gasteiger partial charge in [0.25, 0.3) is 0 Å². The number of nitrogens with one attached hydrogen (secondary N) is 1. The van der Waals surface area contributed by atoms with Crippen LogP contribution in [0.15, 0.2) is 30.5 Å². The third-order valence-corrected chi connectivity index (χ3v) is 5.47. The number of thiazole rings is 1. The van der Waals surface area contributed by atoms with E-state index in [9.17, 15) is 4.79 Å². The van der Waals surface area contributed by atoms with Crippen LogP contribution in [-0.2, 0) is 14.1 Å². The van der Waals surface area contributed by atoms with Crippen LogP contribution in [0.5, 0.6) is 0 Å². The average molecular weight is 344 g/mol. The van der Waals surface area contributed by atoms with Crippen LogP contribution < -0.4 is 10.8 Å². The fraction of sp³-hybridized carbons (Fsp3) is 0.412. The summed E-state index contributed by atoms with van der Waals surface area (Å²) in [7, 11) is -0.361. The molecule has 24 heavy (non-hydrogen) atoms. The van der Waals surface area contributed by atoms with Crippen molar-refractivity contribution in [1.29, 1.82) is 0 Å². The summed E-state index contributed by atoms with van der Waals surface area (Å²) in [4.78, 5) is 16.3. The van der Waals surface area contributed by atoms with Gasteiger partial charge in [0.05, 0.1) is 16.1 Å². The maximum absolute atomic E-state index is 11.1. The number of amides is 1. The molecule has 5 nitrogen and oxygen atoms in total. The Balaban J connectivity index is 1.77. The van der Waals surface area contributed by atoms with Crippen LogP contribution in [0.25, 0.3) is 10.4 Å². The number of rotatable bonds is 3. The molecule has 1 aliphatic rings. The molecule has 1 fully saturated rings. The van der Waals surface area contributed by atoms with Crippen molar-refractivity contribution in [1.82, 2.24) is 4.98 Å². The molecule has 2 heterocycles. The van der Waals surface area contributed by atoms with Gasteiger partial charge in [-0.1, -0.05) is 35.6 Å². The Morgan fingerprint density at radius 3 is 2.25 bits per heavy atom. The molecule has 0 radical (unpaired) electrons. The standard InChI is InChI=1S/C17H21BN2O3S/c1-11(21)20-15-19-10-14(24-15)12-6-8-13(9-7-12)18-22-16(2,3)17(4,5)23-18/h6-10H,1-5H3,(H,19,20,21). The molecule has 1 aliphatic heterocycles. The van der Waals surface area contributed by atoms with Gasteiger partial charge in [0.1, 0.15) is 0 Å². The molecule has 2 aromatic rings. The van der Waals surface area contributed by atoms with Crippen molar-refractivity contribution in [2.24, 2.45) is 0 Å². The van der Waals surface area contributed by atoms with Gasteiger partial charge in [-0.2, -0.15) is 0 Å². The zero-order chi connectivity index (χ0) is 17.5. The lowest BCUT2D eigenvalue weighted by atomic mass is 9.79. The Hall–Kier alpha value is -1.70. The van der Waals surface area contributed by atoms with E-state index in [4.69, 9.17) is 9.31 Å². The first-order valence-corrected chi connectivity index (χ1v) is 8.69. The fourth-order valence-electron chi connectivity index (χ4n) is 2.40. The maximum atomic E-state index is 11.1. The molecule has 0 saturated carbocycles. The highest BCUT2D eigenvalue weighted by molar-refractivity contribution is 7.19. The van der Waals surface area contributed by atoms with Crippen molar-refractivity contribution in [3.8, 4) is 10.4 Å². The van der Waals surface area contributed by atoms with Gasteiger partial charge in [0, 0.05) is 13.1 Å². The molecule has 0 aliphatic carbocycles. The second-order valence-corrected chi connectivity index (χ2v) is 7.95. The topological polar surface area (TPSA) is 60.5 Å². The summed E-state index contributed by atoms with van der Waals surface area (Å²) < 4.78 is 12.1. The number of hydrogen-bond donors (Lipinski definition) is 1. The van der Waals surface area contributed by atoms with Gasteiger partial charge in [-0.25, -0.2) is 4.98 Å². The monoisotopic (exact) mass is 344 g/mol.